The van der Waals surface area contributed by atoms with Gasteiger partial charge in [-0.05, 0) is 12.1 Å². The number of hydrogen-bond donors (Lipinski definition) is 1. The molecule has 7 heteroatoms. The number of halogens is 2. The zero-order valence-corrected chi connectivity index (χ0v) is 9.21. The average molecular weight is 259 g/mol. The monoisotopic (exact) mass is 259 g/mol. The Balaban J connectivity index is 1.91. The maximum Gasteiger partial charge on any atom is 0.586 e. The number of fused-ring (bicyclic) bond motifs is 1. The Morgan fingerprint density at radius 2 is 2.06 bits per heavy atom. The van der Waals surface area contributed by atoms with Crippen LogP contribution in [-0.4, -0.2) is 17.3 Å². The highest BCUT2D eigenvalue weighted by atomic mass is 32.2. The zero-order valence-electron chi connectivity index (χ0n) is 8.39. The third-order valence-electron chi connectivity index (χ3n) is 2.33. The molecule has 90 valence electrons. The number of benzene rings is 1. The Labute approximate surface area is 99.4 Å². The van der Waals surface area contributed by atoms with Gasteiger partial charge in [0.2, 0.25) is 0 Å². The lowest BCUT2D eigenvalue weighted by molar-refractivity contribution is -0.286. The Morgan fingerprint density at radius 1 is 1.29 bits per heavy atom. The van der Waals surface area contributed by atoms with E-state index in [1.165, 1.54) is 30.1 Å². The van der Waals surface area contributed by atoms with Crippen LogP contribution in [0.3, 0.4) is 0 Å². The first-order valence-electron chi connectivity index (χ1n) is 4.74. The number of thioether (sulfide) groups is 1. The number of alkyl halides is 2. The Bertz CT molecular complexity index is 506. The van der Waals surface area contributed by atoms with E-state index < -0.39 is 6.29 Å². The van der Waals surface area contributed by atoms with Gasteiger partial charge in [0.25, 0.3) is 0 Å². The van der Waals surface area contributed by atoms with Crippen molar-refractivity contribution in [3.05, 3.63) is 29.5 Å². The number of aliphatic hydroxyl groups is 1. The molecule has 0 bridgehead atoms. The molecule has 4 nitrogen and oxygen atoms in total. The van der Waals surface area contributed by atoms with E-state index in [1.807, 2.05) is 0 Å². The van der Waals surface area contributed by atoms with Crippen molar-refractivity contribution in [1.82, 2.24) is 0 Å². The second-order valence-corrected chi connectivity index (χ2v) is 4.47. The second kappa shape index (κ2) is 3.43. The minimum absolute atomic E-state index is 0.00251. The Hall–Kier alpha value is -1.63. The van der Waals surface area contributed by atoms with Gasteiger partial charge in [-0.2, -0.15) is 0 Å². The summed E-state index contributed by atoms with van der Waals surface area (Å²) in [5.74, 6) is 0.540. The lowest BCUT2D eigenvalue weighted by atomic mass is 10.2. The van der Waals surface area contributed by atoms with E-state index in [9.17, 15) is 13.9 Å². The number of hydrogen-bond acceptors (Lipinski definition) is 5. The summed E-state index contributed by atoms with van der Waals surface area (Å²) in [7, 11) is 0. The molecular formula is C10H7F2NO3S. The molecule has 0 amide bonds. The maximum absolute atomic E-state index is 12.8. The van der Waals surface area contributed by atoms with Gasteiger partial charge in [0.1, 0.15) is 0 Å². The van der Waals surface area contributed by atoms with Crippen LogP contribution in [0.15, 0.2) is 29.5 Å². The summed E-state index contributed by atoms with van der Waals surface area (Å²) in [6.07, 6.45) is -2.07. The SMILES string of the molecule is OC1=CN(c2ccc3c(c2)OC(F)(F)O3)CS1. The largest absolute Gasteiger partial charge is 0.586 e. The molecular weight excluding hydrogens is 252 g/mol. The highest BCUT2D eigenvalue weighted by Gasteiger charge is 2.43. The van der Waals surface area contributed by atoms with Crippen LogP contribution in [0.1, 0.15) is 0 Å². The zero-order chi connectivity index (χ0) is 12.0. The molecule has 0 aromatic heterocycles. The van der Waals surface area contributed by atoms with Crippen molar-refractivity contribution in [1.29, 1.82) is 0 Å². The molecule has 2 aliphatic rings. The van der Waals surface area contributed by atoms with E-state index in [0.29, 0.717) is 11.6 Å². The van der Waals surface area contributed by atoms with Gasteiger partial charge in [0, 0.05) is 11.8 Å². The molecule has 0 radical (unpaired) electrons. The van der Waals surface area contributed by atoms with E-state index >= 15 is 0 Å². The van der Waals surface area contributed by atoms with E-state index in [1.54, 1.807) is 11.0 Å². The summed E-state index contributed by atoms with van der Waals surface area (Å²) in [6.45, 7) is 0. The van der Waals surface area contributed by atoms with Crippen LogP contribution in [0.5, 0.6) is 11.5 Å². The molecule has 3 rings (SSSR count). The lowest BCUT2D eigenvalue weighted by Gasteiger charge is -2.13. The summed E-state index contributed by atoms with van der Waals surface area (Å²) in [4.78, 5) is 1.72. The molecule has 0 saturated carbocycles. The van der Waals surface area contributed by atoms with Crippen LogP contribution in [0, 0.1) is 0 Å². The molecule has 0 saturated heterocycles. The summed E-state index contributed by atoms with van der Waals surface area (Å²) in [5.41, 5.74) is 0.654. The van der Waals surface area contributed by atoms with Crippen molar-refractivity contribution >= 4 is 17.4 Å². The van der Waals surface area contributed by atoms with Crippen LogP contribution in [-0.2, 0) is 0 Å². The first kappa shape index (κ1) is 10.5. The van der Waals surface area contributed by atoms with Gasteiger partial charge < -0.3 is 19.5 Å². The van der Waals surface area contributed by atoms with Gasteiger partial charge in [-0.25, -0.2) is 0 Å². The molecule has 0 atom stereocenters. The number of aliphatic hydroxyl groups excluding tert-OH is 1. The molecule has 1 aromatic carbocycles. The molecule has 1 aromatic rings. The third-order valence-corrected chi connectivity index (χ3v) is 3.14. The predicted molar refractivity (Wildman–Crippen MR) is 58.3 cm³/mol. The number of anilines is 1. The topological polar surface area (TPSA) is 41.9 Å². The van der Waals surface area contributed by atoms with Gasteiger partial charge in [-0.1, -0.05) is 11.8 Å². The summed E-state index contributed by atoms with van der Waals surface area (Å²) >= 11 is 1.26. The van der Waals surface area contributed by atoms with E-state index in [-0.39, 0.29) is 16.6 Å². The average Bonchev–Trinajstić information content (AvgIpc) is 2.78. The number of rotatable bonds is 1. The van der Waals surface area contributed by atoms with Crippen molar-refractivity contribution < 1.29 is 23.4 Å². The molecule has 0 unspecified atom stereocenters. The first-order chi connectivity index (χ1) is 8.03. The van der Waals surface area contributed by atoms with Crippen molar-refractivity contribution in [3.63, 3.8) is 0 Å². The van der Waals surface area contributed by atoms with Gasteiger partial charge in [0.15, 0.2) is 16.6 Å². The highest BCUT2D eigenvalue weighted by Crippen LogP contribution is 2.43. The molecule has 0 aliphatic carbocycles. The molecule has 0 fully saturated rings. The van der Waals surface area contributed by atoms with E-state index in [2.05, 4.69) is 9.47 Å². The summed E-state index contributed by atoms with van der Waals surface area (Å²) in [5, 5.41) is 9.43. The smallest absolute Gasteiger partial charge is 0.501 e. The fourth-order valence-electron chi connectivity index (χ4n) is 1.61. The van der Waals surface area contributed by atoms with E-state index in [0.717, 1.165) is 0 Å². The molecule has 2 heterocycles. The first-order valence-corrected chi connectivity index (χ1v) is 5.72. The van der Waals surface area contributed by atoms with Crippen molar-refractivity contribution in [3.8, 4) is 11.5 Å². The fourth-order valence-corrected chi connectivity index (χ4v) is 2.31. The van der Waals surface area contributed by atoms with Gasteiger partial charge in [-0.3, -0.25) is 0 Å². The molecule has 2 aliphatic heterocycles. The van der Waals surface area contributed by atoms with Crippen molar-refractivity contribution in [2.75, 3.05) is 10.8 Å². The quantitative estimate of drug-likeness (QED) is 0.840. The lowest BCUT2D eigenvalue weighted by Crippen LogP contribution is -2.25. The third kappa shape index (κ3) is 1.86. The second-order valence-electron chi connectivity index (χ2n) is 3.51. The van der Waals surface area contributed by atoms with E-state index in [4.69, 9.17) is 0 Å². The minimum atomic E-state index is -3.60. The molecule has 1 N–H and O–H groups in total. The number of nitrogens with zero attached hydrogens (tertiary/aromatic N) is 1. The molecule has 17 heavy (non-hydrogen) atoms. The summed E-state index contributed by atoms with van der Waals surface area (Å²) < 4.78 is 34.2. The Morgan fingerprint density at radius 3 is 2.76 bits per heavy atom. The van der Waals surface area contributed by atoms with Gasteiger partial charge >= 0.3 is 6.29 Å². The minimum Gasteiger partial charge on any atom is -0.501 e. The van der Waals surface area contributed by atoms with Gasteiger partial charge in [-0.15, -0.1) is 8.78 Å². The predicted octanol–water partition coefficient (Wildman–Crippen LogP) is 2.88. The normalized spacial score (nSPS) is 20.6. The maximum atomic E-state index is 12.8. The van der Waals surface area contributed by atoms with Crippen LogP contribution in [0.25, 0.3) is 0 Å². The standard InChI is InChI=1S/C10H7F2NO3S/c11-10(12)15-7-2-1-6(3-8(7)16-10)13-4-9(14)17-5-13/h1-4,14H,5H2. The van der Waals surface area contributed by atoms with Crippen LogP contribution in [0.4, 0.5) is 14.5 Å². The van der Waals surface area contributed by atoms with Crippen LogP contribution in [0.2, 0.25) is 0 Å². The summed E-state index contributed by atoms with van der Waals surface area (Å²) in [6, 6.07) is 4.49. The van der Waals surface area contributed by atoms with Crippen molar-refractivity contribution in [2.45, 2.75) is 6.29 Å². The van der Waals surface area contributed by atoms with Gasteiger partial charge in [0.05, 0.1) is 12.1 Å². The van der Waals surface area contributed by atoms with Crippen molar-refractivity contribution in [2.24, 2.45) is 0 Å². The molecule has 0 spiro atoms. The van der Waals surface area contributed by atoms with Crippen LogP contribution < -0.4 is 14.4 Å². The Kier molecular flexibility index (Phi) is 2.12. The number of ether oxygens (including phenoxy) is 2. The van der Waals surface area contributed by atoms with Crippen LogP contribution >= 0.6 is 11.8 Å². The highest BCUT2D eigenvalue weighted by molar-refractivity contribution is 8.03. The fraction of sp³-hybridized carbons (Fsp3) is 0.200.